The maximum absolute atomic E-state index is 12.8. The van der Waals surface area contributed by atoms with Crippen molar-refractivity contribution in [1.29, 1.82) is 0 Å². The van der Waals surface area contributed by atoms with Gasteiger partial charge in [-0.1, -0.05) is 41.0 Å². The molecule has 0 N–H and O–H groups in total. The first-order chi connectivity index (χ1) is 11.6. The summed E-state index contributed by atoms with van der Waals surface area (Å²) < 4.78 is 5.18. The van der Waals surface area contributed by atoms with E-state index in [1.807, 2.05) is 0 Å². The van der Waals surface area contributed by atoms with Crippen molar-refractivity contribution >= 4 is 51.7 Å². The molecule has 0 aliphatic carbocycles. The fourth-order valence-corrected chi connectivity index (χ4v) is 3.51. The molecule has 1 saturated heterocycles. The number of benzene rings is 2. The van der Waals surface area contributed by atoms with E-state index in [0.717, 1.165) is 5.75 Å². The van der Waals surface area contributed by atoms with Gasteiger partial charge < -0.3 is 4.74 Å². The Morgan fingerprint density at radius 3 is 2.79 bits per heavy atom. The minimum atomic E-state index is -0.0993. The number of amidine groups is 1. The predicted molar refractivity (Wildman–Crippen MR) is 100 cm³/mol. The average molecular weight is 381 g/mol. The maximum atomic E-state index is 12.8. The van der Waals surface area contributed by atoms with E-state index < -0.39 is 0 Å². The molecular formula is C17H14Cl2N2O2S. The number of carbonyl (C=O) groups is 1. The van der Waals surface area contributed by atoms with Crippen LogP contribution in [0.1, 0.15) is 10.4 Å². The van der Waals surface area contributed by atoms with E-state index in [0.29, 0.717) is 38.8 Å². The van der Waals surface area contributed by atoms with Gasteiger partial charge in [0, 0.05) is 17.9 Å². The summed E-state index contributed by atoms with van der Waals surface area (Å²) in [6.45, 7) is 0.612. The number of methoxy groups -OCH3 is 1. The largest absolute Gasteiger partial charge is 0.497 e. The topological polar surface area (TPSA) is 41.9 Å². The summed E-state index contributed by atoms with van der Waals surface area (Å²) in [4.78, 5) is 19.0. The van der Waals surface area contributed by atoms with Crippen molar-refractivity contribution in [3.63, 3.8) is 0 Å². The molecule has 0 bridgehead atoms. The highest BCUT2D eigenvalue weighted by Crippen LogP contribution is 2.29. The molecule has 3 rings (SSSR count). The molecule has 1 aliphatic heterocycles. The zero-order valence-corrected chi connectivity index (χ0v) is 15.2. The van der Waals surface area contributed by atoms with Crippen molar-refractivity contribution in [3.8, 4) is 5.75 Å². The van der Waals surface area contributed by atoms with Gasteiger partial charge in [-0.2, -0.15) is 0 Å². The number of aliphatic imine (C=N–C) groups is 1. The van der Waals surface area contributed by atoms with Crippen molar-refractivity contribution in [3.05, 3.63) is 58.1 Å². The lowest BCUT2D eigenvalue weighted by molar-refractivity contribution is 0.0859. The second-order valence-corrected chi connectivity index (χ2v) is 6.91. The lowest BCUT2D eigenvalue weighted by atomic mass is 10.2. The molecule has 1 aliphatic rings. The van der Waals surface area contributed by atoms with Crippen LogP contribution in [0.3, 0.4) is 0 Å². The summed E-state index contributed by atoms with van der Waals surface area (Å²) in [5, 5.41) is 1.57. The second-order valence-electron chi connectivity index (χ2n) is 5.03. The Labute approximate surface area is 154 Å². The van der Waals surface area contributed by atoms with Gasteiger partial charge in [-0.25, -0.2) is 4.99 Å². The fraction of sp³-hybridized carbons (Fsp3) is 0.176. The fourth-order valence-electron chi connectivity index (χ4n) is 2.26. The van der Waals surface area contributed by atoms with Crippen LogP contribution in [-0.4, -0.2) is 35.4 Å². The molecule has 4 nitrogen and oxygen atoms in total. The maximum Gasteiger partial charge on any atom is 0.260 e. The lowest BCUT2D eigenvalue weighted by Crippen LogP contribution is -2.31. The van der Waals surface area contributed by atoms with Crippen LogP contribution in [0.15, 0.2) is 47.5 Å². The Morgan fingerprint density at radius 1 is 1.21 bits per heavy atom. The van der Waals surface area contributed by atoms with Gasteiger partial charge in [0.25, 0.3) is 5.91 Å². The second kappa shape index (κ2) is 7.47. The van der Waals surface area contributed by atoms with Crippen LogP contribution in [0, 0.1) is 0 Å². The minimum absolute atomic E-state index is 0.0993. The third-order valence-corrected chi connectivity index (χ3v) is 5.16. The van der Waals surface area contributed by atoms with E-state index in [1.54, 1.807) is 54.5 Å². The zero-order valence-electron chi connectivity index (χ0n) is 12.8. The van der Waals surface area contributed by atoms with E-state index in [1.165, 1.54) is 11.8 Å². The van der Waals surface area contributed by atoms with Gasteiger partial charge in [0.2, 0.25) is 0 Å². The average Bonchev–Trinajstić information content (AvgIpc) is 3.05. The highest BCUT2D eigenvalue weighted by molar-refractivity contribution is 8.14. The number of amides is 1. The standard InChI is InChI=1S/C17H14Cl2N2O2S/c1-23-13-4-2-3-11(9-13)16(22)21-7-8-24-17(21)20-12-5-6-14(18)15(19)10-12/h2-6,9-10H,7-8H2,1H3. The highest BCUT2D eigenvalue weighted by atomic mass is 35.5. The molecule has 24 heavy (non-hydrogen) atoms. The van der Waals surface area contributed by atoms with Gasteiger partial charge >= 0.3 is 0 Å². The van der Waals surface area contributed by atoms with Crippen LogP contribution in [-0.2, 0) is 0 Å². The first-order valence-electron chi connectivity index (χ1n) is 7.21. The summed E-state index contributed by atoms with van der Waals surface area (Å²) >= 11 is 13.5. The van der Waals surface area contributed by atoms with E-state index >= 15 is 0 Å². The smallest absolute Gasteiger partial charge is 0.260 e. The molecule has 0 unspecified atom stereocenters. The van der Waals surface area contributed by atoms with Gasteiger partial charge in [-0.3, -0.25) is 9.69 Å². The SMILES string of the molecule is COc1cccc(C(=O)N2CCSC2=Nc2ccc(Cl)c(Cl)c2)c1. The van der Waals surface area contributed by atoms with Crippen molar-refractivity contribution in [2.45, 2.75) is 0 Å². The van der Waals surface area contributed by atoms with Crippen LogP contribution >= 0.6 is 35.0 Å². The van der Waals surface area contributed by atoms with Crippen LogP contribution in [0.25, 0.3) is 0 Å². The Kier molecular flexibility index (Phi) is 5.33. The highest BCUT2D eigenvalue weighted by Gasteiger charge is 2.27. The van der Waals surface area contributed by atoms with Gasteiger partial charge in [0.05, 0.1) is 22.8 Å². The van der Waals surface area contributed by atoms with E-state index in [4.69, 9.17) is 27.9 Å². The van der Waals surface area contributed by atoms with Gasteiger partial charge in [0.1, 0.15) is 5.75 Å². The molecule has 1 heterocycles. The number of hydrogen-bond acceptors (Lipinski definition) is 4. The van der Waals surface area contributed by atoms with E-state index in [2.05, 4.69) is 4.99 Å². The molecule has 0 aromatic heterocycles. The molecule has 124 valence electrons. The first kappa shape index (κ1) is 17.1. The predicted octanol–water partition coefficient (Wildman–Crippen LogP) is 4.88. The molecule has 2 aromatic rings. The quantitative estimate of drug-likeness (QED) is 0.761. The molecule has 7 heteroatoms. The number of hydrogen-bond donors (Lipinski definition) is 0. The lowest BCUT2D eigenvalue weighted by Gasteiger charge is -2.16. The van der Waals surface area contributed by atoms with Crippen molar-refractivity contribution < 1.29 is 9.53 Å². The Morgan fingerprint density at radius 2 is 2.04 bits per heavy atom. The molecule has 0 atom stereocenters. The summed E-state index contributed by atoms with van der Waals surface area (Å²) in [6, 6.07) is 12.2. The van der Waals surface area contributed by atoms with Crippen molar-refractivity contribution in [2.24, 2.45) is 4.99 Å². The first-order valence-corrected chi connectivity index (χ1v) is 8.95. The Bertz CT molecular complexity index is 811. The van der Waals surface area contributed by atoms with Crippen molar-refractivity contribution in [2.75, 3.05) is 19.4 Å². The van der Waals surface area contributed by atoms with Gasteiger partial charge in [0.15, 0.2) is 5.17 Å². The van der Waals surface area contributed by atoms with Crippen LogP contribution in [0.2, 0.25) is 10.0 Å². The molecule has 0 saturated carbocycles. The summed E-state index contributed by atoms with van der Waals surface area (Å²) in [7, 11) is 1.58. The van der Waals surface area contributed by atoms with Crippen LogP contribution in [0.5, 0.6) is 5.75 Å². The number of rotatable bonds is 3. The molecule has 0 radical (unpaired) electrons. The number of carbonyl (C=O) groups excluding carboxylic acids is 1. The van der Waals surface area contributed by atoms with Gasteiger partial charge in [-0.05, 0) is 36.4 Å². The molecule has 0 spiro atoms. The molecular weight excluding hydrogens is 367 g/mol. The third-order valence-electron chi connectivity index (χ3n) is 3.47. The summed E-state index contributed by atoms with van der Waals surface area (Å²) in [6.07, 6.45) is 0. The number of ether oxygens (including phenoxy) is 1. The third kappa shape index (κ3) is 3.69. The van der Waals surface area contributed by atoms with Gasteiger partial charge in [-0.15, -0.1) is 0 Å². The summed E-state index contributed by atoms with van der Waals surface area (Å²) in [5.41, 5.74) is 1.23. The Hall–Kier alpha value is -1.69. The molecule has 1 fully saturated rings. The van der Waals surface area contributed by atoms with E-state index in [-0.39, 0.29) is 5.91 Å². The van der Waals surface area contributed by atoms with E-state index in [9.17, 15) is 4.79 Å². The normalized spacial score (nSPS) is 15.8. The van der Waals surface area contributed by atoms with Crippen molar-refractivity contribution in [1.82, 2.24) is 4.90 Å². The minimum Gasteiger partial charge on any atom is -0.497 e. The molecule has 1 amide bonds. The Balaban J connectivity index is 1.88. The number of thioether (sulfide) groups is 1. The van der Waals surface area contributed by atoms with Crippen LogP contribution < -0.4 is 4.74 Å². The number of halogens is 2. The zero-order chi connectivity index (χ0) is 17.1. The monoisotopic (exact) mass is 380 g/mol. The number of nitrogens with zero attached hydrogens (tertiary/aromatic N) is 2. The van der Waals surface area contributed by atoms with Crippen LogP contribution in [0.4, 0.5) is 5.69 Å². The molecule has 2 aromatic carbocycles. The summed E-state index contributed by atoms with van der Waals surface area (Å²) in [5.74, 6) is 1.35.